The van der Waals surface area contributed by atoms with Gasteiger partial charge in [0.05, 0.1) is 30.9 Å². The molecule has 4 rings (SSSR count). The van der Waals surface area contributed by atoms with E-state index in [1.807, 2.05) is 56.3 Å². The van der Waals surface area contributed by atoms with E-state index in [0.29, 0.717) is 22.9 Å². The molecule has 194 valence electrons. The molecule has 0 atom stereocenters. The Hall–Kier alpha value is -4.37. The van der Waals surface area contributed by atoms with Gasteiger partial charge in [0.15, 0.2) is 0 Å². The van der Waals surface area contributed by atoms with Crippen LogP contribution < -0.4 is 15.4 Å². The van der Waals surface area contributed by atoms with Crippen molar-refractivity contribution in [3.63, 3.8) is 0 Å². The summed E-state index contributed by atoms with van der Waals surface area (Å²) in [4.78, 5) is 7.16. The van der Waals surface area contributed by atoms with E-state index >= 15 is 0 Å². The van der Waals surface area contributed by atoms with E-state index in [0.717, 1.165) is 73.9 Å². The molecule has 1 saturated heterocycles. The third-order valence-corrected chi connectivity index (χ3v) is 6.20. The standard InChI is InChI=1S/C30H32N6O2/c1-22-17-25(5-3-10-31)18-23(2)30(22)38-27-19-28(33-11-4-12-36-13-15-37-16-14-36)35-29(20-27)34-26-8-6-24(21-32)7-9-26/h3,5-9,17-20H,4,11-16H2,1-2H3,(H2,33,34,35)/b5-3+. The number of rotatable bonds is 10. The molecule has 0 amide bonds. The first-order valence-corrected chi connectivity index (χ1v) is 12.7. The second-order valence-corrected chi connectivity index (χ2v) is 9.17. The summed E-state index contributed by atoms with van der Waals surface area (Å²) in [5.74, 6) is 2.77. The molecule has 2 N–H and O–H groups in total. The Kier molecular flexibility index (Phi) is 9.31. The van der Waals surface area contributed by atoms with Gasteiger partial charge >= 0.3 is 0 Å². The Morgan fingerprint density at radius 3 is 2.42 bits per heavy atom. The van der Waals surface area contributed by atoms with Crippen LogP contribution in [-0.4, -0.2) is 49.3 Å². The number of nitrogens with one attached hydrogen (secondary N) is 2. The lowest BCUT2D eigenvalue weighted by Crippen LogP contribution is -2.37. The predicted molar refractivity (Wildman–Crippen MR) is 150 cm³/mol. The molecule has 1 aromatic heterocycles. The molecule has 1 fully saturated rings. The maximum Gasteiger partial charge on any atom is 0.136 e. The van der Waals surface area contributed by atoms with Crippen LogP contribution in [0.4, 0.5) is 17.3 Å². The average molecular weight is 509 g/mol. The maximum absolute atomic E-state index is 9.09. The molecule has 8 nitrogen and oxygen atoms in total. The van der Waals surface area contributed by atoms with Gasteiger partial charge in [0.2, 0.25) is 0 Å². The lowest BCUT2D eigenvalue weighted by molar-refractivity contribution is 0.0378. The second kappa shape index (κ2) is 13.3. The Balaban J connectivity index is 1.53. The van der Waals surface area contributed by atoms with E-state index < -0.39 is 0 Å². The Morgan fingerprint density at radius 1 is 1.03 bits per heavy atom. The first-order chi connectivity index (χ1) is 18.5. The van der Waals surface area contributed by atoms with Crippen molar-refractivity contribution < 1.29 is 9.47 Å². The van der Waals surface area contributed by atoms with Gasteiger partial charge < -0.3 is 20.1 Å². The molecule has 2 aromatic carbocycles. The summed E-state index contributed by atoms with van der Waals surface area (Å²) in [6.45, 7) is 9.33. The fraction of sp³-hybridized carbons (Fsp3) is 0.300. The number of aromatic nitrogens is 1. The van der Waals surface area contributed by atoms with Gasteiger partial charge in [-0.2, -0.15) is 10.5 Å². The minimum absolute atomic E-state index is 0.599. The van der Waals surface area contributed by atoms with Gasteiger partial charge in [0.25, 0.3) is 0 Å². The highest BCUT2D eigenvalue weighted by Gasteiger charge is 2.12. The summed E-state index contributed by atoms with van der Waals surface area (Å²) < 4.78 is 11.8. The van der Waals surface area contributed by atoms with Crippen LogP contribution in [-0.2, 0) is 4.74 Å². The highest BCUT2D eigenvalue weighted by atomic mass is 16.5. The quantitative estimate of drug-likeness (QED) is 0.262. The van der Waals surface area contributed by atoms with Crippen molar-refractivity contribution in [3.05, 3.63) is 76.9 Å². The number of aryl methyl sites for hydroxylation is 2. The number of benzene rings is 2. The summed E-state index contributed by atoms with van der Waals surface area (Å²) >= 11 is 0. The number of hydrogen-bond acceptors (Lipinski definition) is 8. The smallest absolute Gasteiger partial charge is 0.136 e. The van der Waals surface area contributed by atoms with E-state index in [-0.39, 0.29) is 0 Å². The lowest BCUT2D eigenvalue weighted by atomic mass is 10.1. The molecule has 3 aromatic rings. The first kappa shape index (κ1) is 26.7. The summed E-state index contributed by atoms with van der Waals surface area (Å²) in [7, 11) is 0. The number of pyridine rings is 1. The predicted octanol–water partition coefficient (Wildman–Crippen LogP) is 5.78. The van der Waals surface area contributed by atoms with E-state index in [4.69, 9.17) is 25.0 Å². The zero-order valence-corrected chi connectivity index (χ0v) is 21.8. The van der Waals surface area contributed by atoms with Crippen molar-refractivity contribution in [3.8, 4) is 23.6 Å². The highest BCUT2D eigenvalue weighted by Crippen LogP contribution is 2.33. The molecule has 0 aliphatic carbocycles. The van der Waals surface area contributed by atoms with E-state index in [1.54, 1.807) is 18.2 Å². The van der Waals surface area contributed by atoms with Crippen LogP contribution in [0.15, 0.2) is 54.6 Å². The van der Waals surface area contributed by atoms with Crippen molar-refractivity contribution in [2.45, 2.75) is 20.3 Å². The number of anilines is 3. The lowest BCUT2D eigenvalue weighted by Gasteiger charge is -2.26. The normalized spacial score (nSPS) is 13.6. The van der Waals surface area contributed by atoms with Crippen LogP contribution in [0, 0.1) is 36.5 Å². The van der Waals surface area contributed by atoms with Gasteiger partial charge in [0, 0.05) is 43.5 Å². The van der Waals surface area contributed by atoms with Gasteiger partial charge in [-0.3, -0.25) is 4.90 Å². The third-order valence-electron chi connectivity index (χ3n) is 6.20. The van der Waals surface area contributed by atoms with Crippen LogP contribution in [0.3, 0.4) is 0 Å². The van der Waals surface area contributed by atoms with Crippen molar-refractivity contribution in [1.29, 1.82) is 10.5 Å². The number of morpholine rings is 1. The number of allylic oxidation sites excluding steroid dienone is 1. The minimum Gasteiger partial charge on any atom is -0.457 e. The van der Waals surface area contributed by atoms with Crippen LogP contribution in [0.25, 0.3) is 6.08 Å². The third kappa shape index (κ3) is 7.57. The second-order valence-electron chi connectivity index (χ2n) is 9.17. The fourth-order valence-corrected chi connectivity index (χ4v) is 4.33. The van der Waals surface area contributed by atoms with Crippen LogP contribution in [0.5, 0.6) is 11.5 Å². The van der Waals surface area contributed by atoms with E-state index in [2.05, 4.69) is 21.6 Å². The summed E-state index contributed by atoms with van der Waals surface area (Å²) in [5, 5.41) is 24.7. The molecule has 0 saturated carbocycles. The molecular formula is C30H32N6O2. The minimum atomic E-state index is 0.599. The number of nitriles is 2. The topological polar surface area (TPSA) is 106 Å². The number of hydrogen-bond donors (Lipinski definition) is 2. The largest absolute Gasteiger partial charge is 0.457 e. The van der Waals surface area contributed by atoms with Crippen molar-refractivity contribution in [1.82, 2.24) is 9.88 Å². The molecule has 0 spiro atoms. The molecule has 38 heavy (non-hydrogen) atoms. The van der Waals surface area contributed by atoms with E-state index in [9.17, 15) is 0 Å². The summed E-state index contributed by atoms with van der Waals surface area (Å²) in [5.41, 5.74) is 4.33. The molecule has 0 radical (unpaired) electrons. The van der Waals surface area contributed by atoms with E-state index in [1.165, 1.54) is 6.08 Å². The highest BCUT2D eigenvalue weighted by molar-refractivity contribution is 5.63. The molecule has 0 unspecified atom stereocenters. The van der Waals surface area contributed by atoms with Crippen LogP contribution in [0.2, 0.25) is 0 Å². The Bertz CT molecular complexity index is 1330. The van der Waals surface area contributed by atoms with Crippen molar-refractivity contribution >= 4 is 23.4 Å². The van der Waals surface area contributed by atoms with Gasteiger partial charge in [0.1, 0.15) is 23.1 Å². The monoisotopic (exact) mass is 508 g/mol. The van der Waals surface area contributed by atoms with Gasteiger partial charge in [-0.25, -0.2) is 4.98 Å². The molecule has 1 aliphatic rings. The number of nitrogens with zero attached hydrogens (tertiary/aromatic N) is 4. The Morgan fingerprint density at radius 2 is 1.74 bits per heavy atom. The van der Waals surface area contributed by atoms with Gasteiger partial charge in [-0.15, -0.1) is 0 Å². The molecule has 1 aliphatic heterocycles. The zero-order valence-electron chi connectivity index (χ0n) is 21.8. The molecule has 0 bridgehead atoms. The van der Waals surface area contributed by atoms with Crippen LogP contribution in [0.1, 0.15) is 28.7 Å². The molecule has 2 heterocycles. The fourth-order valence-electron chi connectivity index (χ4n) is 4.33. The van der Waals surface area contributed by atoms with Gasteiger partial charge in [-0.1, -0.05) is 0 Å². The van der Waals surface area contributed by atoms with Crippen molar-refractivity contribution in [2.24, 2.45) is 0 Å². The molecule has 8 heteroatoms. The summed E-state index contributed by atoms with van der Waals surface area (Å²) in [6.07, 6.45) is 4.24. The molecular weight excluding hydrogens is 476 g/mol. The van der Waals surface area contributed by atoms with Crippen LogP contribution >= 0.6 is 0 Å². The number of ether oxygens (including phenoxy) is 2. The zero-order chi connectivity index (χ0) is 26.7. The summed E-state index contributed by atoms with van der Waals surface area (Å²) in [6, 6.07) is 19.2. The Labute approximate surface area is 224 Å². The SMILES string of the molecule is Cc1cc(/C=C/C#N)cc(C)c1Oc1cc(NCCCN2CCOCC2)nc(Nc2ccc(C#N)cc2)c1. The van der Waals surface area contributed by atoms with Crippen molar-refractivity contribution in [2.75, 3.05) is 50.0 Å². The first-order valence-electron chi connectivity index (χ1n) is 12.7. The average Bonchev–Trinajstić information content (AvgIpc) is 2.93. The van der Waals surface area contributed by atoms with Gasteiger partial charge in [-0.05, 0) is 86.0 Å². The maximum atomic E-state index is 9.09.